The molecule has 0 N–H and O–H groups in total. The van der Waals surface area contributed by atoms with E-state index in [0.717, 1.165) is 17.0 Å². The molecule has 2 aliphatic rings. The molecule has 2 aliphatic heterocycles. The van der Waals surface area contributed by atoms with E-state index in [2.05, 4.69) is 10.4 Å². The van der Waals surface area contributed by atoms with Crippen LogP contribution in [0.3, 0.4) is 0 Å². The monoisotopic (exact) mass is 361 g/mol. The molecule has 0 spiro atoms. The van der Waals surface area contributed by atoms with E-state index >= 15 is 0 Å². The van der Waals surface area contributed by atoms with Crippen molar-refractivity contribution in [2.45, 2.75) is 13.0 Å². The number of hydrazone groups is 1. The van der Waals surface area contributed by atoms with Crippen LogP contribution in [0.1, 0.15) is 6.92 Å². The fraction of sp³-hybridized carbons (Fsp3) is 0.286. The summed E-state index contributed by atoms with van der Waals surface area (Å²) in [7, 11) is 0. The Morgan fingerprint density at radius 2 is 1.96 bits per heavy atom. The van der Waals surface area contributed by atoms with Crippen LogP contribution in [0.2, 0.25) is 0 Å². The summed E-state index contributed by atoms with van der Waals surface area (Å²) in [5, 5.41) is 17.4. The number of carbonyl (C=O) groups is 3. The number of benzene rings is 1. The number of rotatable bonds is 5. The molecule has 3 rings (SSSR count). The molecule has 1 aromatic carbocycles. The lowest BCUT2D eigenvalue weighted by molar-refractivity contribution is -0.384. The van der Waals surface area contributed by atoms with E-state index in [0.29, 0.717) is 5.12 Å². The summed E-state index contributed by atoms with van der Waals surface area (Å²) in [6.45, 7) is 1.56. The minimum absolute atomic E-state index is 0.0119. The molecule has 1 aromatic rings. The van der Waals surface area contributed by atoms with E-state index in [4.69, 9.17) is 4.74 Å². The Kier molecular flexibility index (Phi) is 4.16. The molecule has 12 heteroatoms. The number of nitro benzene ring substituents is 1. The first-order valence-electron chi connectivity index (χ1n) is 7.41. The lowest BCUT2D eigenvalue weighted by Gasteiger charge is -2.16. The van der Waals surface area contributed by atoms with Crippen molar-refractivity contribution in [2.75, 3.05) is 11.5 Å². The minimum atomic E-state index is -1.39. The van der Waals surface area contributed by atoms with Crippen molar-refractivity contribution in [1.29, 1.82) is 0 Å². The van der Waals surface area contributed by atoms with Crippen LogP contribution in [0.15, 0.2) is 34.7 Å². The molecule has 0 unspecified atom stereocenters. The molecule has 134 valence electrons. The number of nitrogens with zero attached hydrogens (tertiary/aromatic N) is 5. The first kappa shape index (κ1) is 17.1. The maximum atomic E-state index is 12.7. The Hall–Kier alpha value is -3.70. The Balaban J connectivity index is 1.97. The van der Waals surface area contributed by atoms with Gasteiger partial charge in [0.05, 0.1) is 22.5 Å². The van der Waals surface area contributed by atoms with Crippen molar-refractivity contribution in [1.82, 2.24) is 5.12 Å². The normalized spacial score (nSPS) is 21.5. The topological polar surface area (TPSA) is 152 Å². The van der Waals surface area contributed by atoms with E-state index in [9.17, 15) is 29.4 Å². The highest BCUT2D eigenvalue weighted by Crippen LogP contribution is 2.35. The molecular weight excluding hydrogens is 350 g/mol. The number of non-ortho nitro benzene ring substituents is 1. The average molecular weight is 361 g/mol. The van der Waals surface area contributed by atoms with Crippen molar-refractivity contribution in [2.24, 2.45) is 16.3 Å². The van der Waals surface area contributed by atoms with Gasteiger partial charge in [-0.1, -0.05) is 0 Å². The molecule has 26 heavy (non-hydrogen) atoms. The van der Waals surface area contributed by atoms with Gasteiger partial charge in [0.15, 0.2) is 11.8 Å². The maximum absolute atomic E-state index is 12.7. The predicted molar refractivity (Wildman–Crippen MR) is 84.6 cm³/mol. The van der Waals surface area contributed by atoms with E-state index in [1.807, 2.05) is 0 Å². The lowest BCUT2D eigenvalue weighted by atomic mass is 9.98. The predicted octanol–water partition coefficient (Wildman–Crippen LogP) is 0.369. The molecule has 2 heterocycles. The van der Waals surface area contributed by atoms with E-state index in [1.54, 1.807) is 6.92 Å². The number of hydrogen-bond acceptors (Lipinski definition) is 9. The molecule has 2 atom stereocenters. The number of anilines is 1. The van der Waals surface area contributed by atoms with Gasteiger partial charge in [-0.3, -0.25) is 19.7 Å². The number of carbonyl (C=O) groups excluding carboxylic acids is 3. The van der Waals surface area contributed by atoms with Crippen molar-refractivity contribution in [3.63, 3.8) is 0 Å². The second-order valence-corrected chi connectivity index (χ2v) is 5.32. The molecule has 2 amide bonds. The molecule has 0 bridgehead atoms. The van der Waals surface area contributed by atoms with E-state index in [-0.39, 0.29) is 23.7 Å². The number of esters is 1. The molecule has 1 fully saturated rings. The van der Waals surface area contributed by atoms with Crippen molar-refractivity contribution in [3.05, 3.63) is 39.3 Å². The van der Waals surface area contributed by atoms with Crippen LogP contribution < -0.4 is 4.90 Å². The maximum Gasteiger partial charge on any atom is 0.355 e. The van der Waals surface area contributed by atoms with E-state index in [1.165, 1.54) is 12.1 Å². The molecule has 0 radical (unpaired) electrons. The number of nitro groups is 1. The Morgan fingerprint density at radius 3 is 2.50 bits per heavy atom. The summed E-state index contributed by atoms with van der Waals surface area (Å²) < 4.78 is 4.80. The minimum Gasteiger partial charge on any atom is -0.461 e. The van der Waals surface area contributed by atoms with Gasteiger partial charge in [0.1, 0.15) is 5.92 Å². The zero-order valence-corrected chi connectivity index (χ0v) is 13.3. The quantitative estimate of drug-likeness (QED) is 0.240. The second kappa shape index (κ2) is 6.31. The van der Waals surface area contributed by atoms with Gasteiger partial charge in [0.25, 0.3) is 11.6 Å². The van der Waals surface area contributed by atoms with Crippen LogP contribution in [0.5, 0.6) is 0 Å². The number of nitroso groups, excluding NO2 is 1. The third-order valence-corrected chi connectivity index (χ3v) is 3.92. The summed E-state index contributed by atoms with van der Waals surface area (Å²) in [5.41, 5.74) is -0.550. The Morgan fingerprint density at radius 1 is 1.31 bits per heavy atom. The van der Waals surface area contributed by atoms with Gasteiger partial charge in [-0.2, -0.15) is 0 Å². The molecule has 0 aliphatic carbocycles. The molecule has 12 nitrogen and oxygen atoms in total. The molecule has 0 aromatic heterocycles. The van der Waals surface area contributed by atoms with Crippen molar-refractivity contribution < 1.29 is 24.0 Å². The van der Waals surface area contributed by atoms with Gasteiger partial charge in [-0.15, -0.1) is 15.1 Å². The highest BCUT2D eigenvalue weighted by Gasteiger charge is 2.59. The number of fused-ring (bicyclic) bond motifs is 1. The van der Waals surface area contributed by atoms with Gasteiger partial charge in [-0.25, -0.2) is 9.69 Å². The highest BCUT2D eigenvalue weighted by molar-refractivity contribution is 6.46. The van der Waals surface area contributed by atoms with Crippen LogP contribution in [0, 0.1) is 20.9 Å². The summed E-state index contributed by atoms with van der Waals surface area (Å²) in [6, 6.07) is 3.29. The van der Waals surface area contributed by atoms with Gasteiger partial charge >= 0.3 is 5.97 Å². The summed E-state index contributed by atoms with van der Waals surface area (Å²) >= 11 is 0. The number of hydrogen-bond donors (Lipinski definition) is 0. The third-order valence-electron chi connectivity index (χ3n) is 3.92. The second-order valence-electron chi connectivity index (χ2n) is 5.32. The van der Waals surface area contributed by atoms with Crippen LogP contribution >= 0.6 is 0 Å². The largest absolute Gasteiger partial charge is 0.461 e. The molecular formula is C14H11N5O7. The molecule has 1 saturated heterocycles. The van der Waals surface area contributed by atoms with Crippen LogP contribution in [0.25, 0.3) is 0 Å². The average Bonchev–Trinajstić information content (AvgIpc) is 3.12. The number of amides is 2. The standard InChI is InChI=1S/C14H11N5O7/c1-2-26-14(22)10-9-11(18(15-10)16-23)13(21)17(12(9)20)7-3-5-8(6-4-7)19(24)25/h3-6,9,11H,2H2,1H3/t9-,11+/m1/s1. The third kappa shape index (κ3) is 2.47. The highest BCUT2D eigenvalue weighted by atomic mass is 16.6. The fourth-order valence-electron chi connectivity index (χ4n) is 2.81. The summed E-state index contributed by atoms with van der Waals surface area (Å²) in [4.78, 5) is 59.1. The lowest BCUT2D eigenvalue weighted by Crippen LogP contribution is -2.36. The van der Waals surface area contributed by atoms with Crippen molar-refractivity contribution in [3.8, 4) is 0 Å². The SMILES string of the molecule is CCOC(=O)C1=NN(N=O)[C@@H]2C(=O)N(c3ccc([N+](=O)[O-])cc3)C(=O)[C@H]12. The van der Waals surface area contributed by atoms with Crippen molar-refractivity contribution >= 4 is 34.9 Å². The Bertz CT molecular complexity index is 850. The van der Waals surface area contributed by atoms with Crippen LogP contribution in [-0.2, 0) is 19.1 Å². The smallest absolute Gasteiger partial charge is 0.355 e. The summed E-state index contributed by atoms with van der Waals surface area (Å²) in [5.74, 6) is -3.89. The zero-order valence-electron chi connectivity index (χ0n) is 13.3. The van der Waals surface area contributed by atoms with Crippen LogP contribution in [-0.4, -0.2) is 46.2 Å². The Labute approximate surface area is 145 Å². The molecule has 0 saturated carbocycles. The first-order chi connectivity index (χ1) is 12.4. The van der Waals surface area contributed by atoms with Gasteiger partial charge in [0, 0.05) is 12.1 Å². The van der Waals surface area contributed by atoms with Gasteiger partial charge < -0.3 is 4.74 Å². The number of ether oxygens (including phenoxy) is 1. The van der Waals surface area contributed by atoms with Gasteiger partial charge in [-0.05, 0) is 19.1 Å². The zero-order chi connectivity index (χ0) is 19.0. The fourth-order valence-corrected chi connectivity index (χ4v) is 2.81. The van der Waals surface area contributed by atoms with E-state index < -0.39 is 34.7 Å². The first-order valence-corrected chi connectivity index (χ1v) is 7.41. The number of imide groups is 1. The summed E-state index contributed by atoms with van der Waals surface area (Å²) in [6.07, 6.45) is 0. The van der Waals surface area contributed by atoms with Crippen LogP contribution in [0.4, 0.5) is 11.4 Å². The van der Waals surface area contributed by atoms with Gasteiger partial charge in [0.2, 0.25) is 5.91 Å².